The standard InChI is InChI=1S/C26H31N3O/c1-17-6-4-5-7-20(17)12-23-14-22-13-21(24(15-27)16-28-3)10-11-25(22)29(18(2)30)26(23)19-8-9-19/h4-7,10-11,13,15-16,19,23,26H,8-9,12,14,27H2,1-3H3. The molecule has 4 rings (SSSR count). The summed E-state index contributed by atoms with van der Waals surface area (Å²) in [6, 6.07) is 15.3. The van der Waals surface area contributed by atoms with E-state index in [0.717, 1.165) is 29.7 Å². The van der Waals surface area contributed by atoms with Gasteiger partial charge in [-0.2, -0.15) is 0 Å². The van der Waals surface area contributed by atoms with E-state index < -0.39 is 0 Å². The molecule has 2 aromatic carbocycles. The third kappa shape index (κ3) is 3.91. The fraction of sp³-hybridized carbons (Fsp3) is 0.385. The lowest BCUT2D eigenvalue weighted by Crippen LogP contribution is -2.50. The second-order valence-electron chi connectivity index (χ2n) is 8.66. The predicted octanol–water partition coefficient (Wildman–Crippen LogP) is 4.54. The molecule has 1 amide bonds. The lowest BCUT2D eigenvalue weighted by Gasteiger charge is -2.43. The van der Waals surface area contributed by atoms with E-state index in [0.29, 0.717) is 11.8 Å². The highest BCUT2D eigenvalue weighted by atomic mass is 16.2. The number of nitrogens with two attached hydrogens (primary N) is 1. The first-order valence-corrected chi connectivity index (χ1v) is 10.8. The molecule has 1 heterocycles. The van der Waals surface area contributed by atoms with Gasteiger partial charge in [-0.05, 0) is 78.8 Å². The van der Waals surface area contributed by atoms with Gasteiger partial charge in [0.1, 0.15) is 0 Å². The number of aryl methyl sites for hydroxylation is 1. The maximum absolute atomic E-state index is 12.8. The largest absolute Gasteiger partial charge is 0.404 e. The number of aliphatic imine (C=N–C) groups is 1. The van der Waals surface area contributed by atoms with Crippen molar-refractivity contribution in [1.82, 2.24) is 0 Å². The number of amides is 1. The van der Waals surface area contributed by atoms with Gasteiger partial charge in [-0.1, -0.05) is 30.3 Å². The lowest BCUT2D eigenvalue weighted by molar-refractivity contribution is -0.117. The summed E-state index contributed by atoms with van der Waals surface area (Å²) in [6.45, 7) is 3.89. The van der Waals surface area contributed by atoms with Crippen molar-refractivity contribution in [2.75, 3.05) is 11.9 Å². The minimum atomic E-state index is 0.139. The number of hydrogen-bond donors (Lipinski definition) is 1. The SMILES string of the molecule is CN=CC(=CN)c1ccc2c(c1)CC(Cc1ccccc1C)C(C1CC1)N2C(C)=O. The molecule has 2 aromatic rings. The van der Waals surface area contributed by atoms with Crippen LogP contribution in [0.25, 0.3) is 5.57 Å². The number of anilines is 1. The summed E-state index contributed by atoms with van der Waals surface area (Å²) in [5, 5.41) is 0. The molecular formula is C26H31N3O. The number of benzene rings is 2. The van der Waals surface area contributed by atoms with Crippen LogP contribution >= 0.6 is 0 Å². The summed E-state index contributed by atoms with van der Waals surface area (Å²) in [7, 11) is 1.75. The quantitative estimate of drug-likeness (QED) is 0.748. The monoisotopic (exact) mass is 401 g/mol. The fourth-order valence-electron chi connectivity index (χ4n) is 5.02. The maximum Gasteiger partial charge on any atom is 0.224 e. The fourth-order valence-corrected chi connectivity index (χ4v) is 5.02. The van der Waals surface area contributed by atoms with Gasteiger partial charge in [0, 0.05) is 43.7 Å². The molecular weight excluding hydrogens is 370 g/mol. The summed E-state index contributed by atoms with van der Waals surface area (Å²) >= 11 is 0. The first-order chi connectivity index (χ1) is 14.5. The summed E-state index contributed by atoms with van der Waals surface area (Å²) in [6.07, 6.45) is 7.79. The first kappa shape index (κ1) is 20.4. The van der Waals surface area contributed by atoms with Crippen molar-refractivity contribution in [3.63, 3.8) is 0 Å². The van der Waals surface area contributed by atoms with Gasteiger partial charge < -0.3 is 10.6 Å². The average molecular weight is 402 g/mol. The minimum Gasteiger partial charge on any atom is -0.404 e. The molecule has 0 radical (unpaired) electrons. The van der Waals surface area contributed by atoms with Crippen LogP contribution in [0.2, 0.25) is 0 Å². The van der Waals surface area contributed by atoms with E-state index in [1.165, 1.54) is 29.5 Å². The van der Waals surface area contributed by atoms with E-state index in [1.807, 2.05) is 0 Å². The molecule has 4 heteroatoms. The summed E-state index contributed by atoms with van der Waals surface area (Å²) in [4.78, 5) is 19.0. The Hall–Kier alpha value is -2.88. The van der Waals surface area contributed by atoms with Crippen LogP contribution in [0.15, 0.2) is 53.7 Å². The van der Waals surface area contributed by atoms with Crippen molar-refractivity contribution in [3.05, 3.63) is 70.9 Å². The highest BCUT2D eigenvalue weighted by molar-refractivity contribution is 6.10. The molecule has 4 nitrogen and oxygen atoms in total. The molecule has 2 N–H and O–H groups in total. The zero-order valence-corrected chi connectivity index (χ0v) is 18.1. The van der Waals surface area contributed by atoms with E-state index in [-0.39, 0.29) is 11.9 Å². The Kier molecular flexibility index (Phi) is 5.76. The molecule has 0 spiro atoms. The van der Waals surface area contributed by atoms with Crippen LogP contribution in [0.3, 0.4) is 0 Å². The van der Waals surface area contributed by atoms with E-state index in [4.69, 9.17) is 5.73 Å². The van der Waals surface area contributed by atoms with Crippen LogP contribution in [0.5, 0.6) is 0 Å². The number of fused-ring (bicyclic) bond motifs is 1. The Morgan fingerprint density at radius 1 is 1.23 bits per heavy atom. The zero-order valence-electron chi connectivity index (χ0n) is 18.1. The zero-order chi connectivity index (χ0) is 21.3. The van der Waals surface area contributed by atoms with Crippen molar-refractivity contribution in [2.24, 2.45) is 22.6 Å². The molecule has 30 heavy (non-hydrogen) atoms. The summed E-state index contributed by atoms with van der Waals surface area (Å²) < 4.78 is 0. The molecule has 0 saturated heterocycles. The van der Waals surface area contributed by atoms with Gasteiger partial charge in [0.05, 0.1) is 0 Å². The van der Waals surface area contributed by atoms with Crippen LogP contribution < -0.4 is 10.6 Å². The molecule has 1 aliphatic carbocycles. The van der Waals surface area contributed by atoms with Crippen molar-refractivity contribution in [3.8, 4) is 0 Å². The van der Waals surface area contributed by atoms with Gasteiger partial charge in [0.15, 0.2) is 0 Å². The second kappa shape index (κ2) is 8.47. The highest BCUT2D eigenvalue weighted by Gasteiger charge is 2.45. The van der Waals surface area contributed by atoms with Crippen LogP contribution in [-0.2, 0) is 17.6 Å². The van der Waals surface area contributed by atoms with Gasteiger partial charge in [-0.25, -0.2) is 0 Å². The number of carbonyl (C=O) groups is 1. The molecule has 2 aliphatic rings. The lowest BCUT2D eigenvalue weighted by atomic mass is 9.78. The van der Waals surface area contributed by atoms with Gasteiger partial charge in [0.2, 0.25) is 5.91 Å². The summed E-state index contributed by atoms with van der Waals surface area (Å²) in [5.74, 6) is 1.16. The van der Waals surface area contributed by atoms with Crippen LogP contribution in [0.4, 0.5) is 5.69 Å². The normalized spacial score (nSPS) is 21.7. The second-order valence-corrected chi connectivity index (χ2v) is 8.66. The van der Waals surface area contributed by atoms with Gasteiger partial charge in [0.25, 0.3) is 0 Å². The smallest absolute Gasteiger partial charge is 0.224 e. The minimum absolute atomic E-state index is 0.139. The molecule has 2 unspecified atom stereocenters. The Balaban J connectivity index is 1.76. The molecule has 156 valence electrons. The van der Waals surface area contributed by atoms with Gasteiger partial charge in [-0.15, -0.1) is 0 Å². The van der Waals surface area contributed by atoms with Gasteiger partial charge >= 0.3 is 0 Å². The van der Waals surface area contributed by atoms with Crippen LogP contribution in [0, 0.1) is 18.8 Å². The average Bonchev–Trinajstić information content (AvgIpc) is 3.57. The first-order valence-electron chi connectivity index (χ1n) is 10.8. The van der Waals surface area contributed by atoms with Crippen molar-refractivity contribution < 1.29 is 4.79 Å². The van der Waals surface area contributed by atoms with Crippen LogP contribution in [-0.4, -0.2) is 25.2 Å². The number of allylic oxidation sites excluding steroid dienone is 1. The molecule has 1 saturated carbocycles. The molecule has 1 fully saturated rings. The van der Waals surface area contributed by atoms with E-state index >= 15 is 0 Å². The van der Waals surface area contributed by atoms with E-state index in [1.54, 1.807) is 26.4 Å². The maximum atomic E-state index is 12.8. The highest BCUT2D eigenvalue weighted by Crippen LogP contribution is 2.46. The number of hydrogen-bond acceptors (Lipinski definition) is 3. The number of rotatable bonds is 5. The predicted molar refractivity (Wildman–Crippen MR) is 125 cm³/mol. The van der Waals surface area contributed by atoms with E-state index in [2.05, 4.69) is 59.3 Å². The third-order valence-electron chi connectivity index (χ3n) is 6.57. The summed E-state index contributed by atoms with van der Waals surface area (Å²) in [5.41, 5.74) is 12.8. The number of nitrogens with zero attached hydrogens (tertiary/aromatic N) is 2. The van der Waals surface area contributed by atoms with Crippen molar-refractivity contribution in [2.45, 2.75) is 45.6 Å². The Labute approximate surface area is 179 Å². The molecule has 2 atom stereocenters. The van der Waals surface area contributed by atoms with Crippen molar-refractivity contribution in [1.29, 1.82) is 0 Å². The Bertz CT molecular complexity index is 1000. The van der Waals surface area contributed by atoms with E-state index in [9.17, 15) is 4.79 Å². The Morgan fingerprint density at radius 2 is 2.00 bits per heavy atom. The third-order valence-corrected chi connectivity index (χ3v) is 6.57. The van der Waals surface area contributed by atoms with Crippen molar-refractivity contribution >= 4 is 23.4 Å². The Morgan fingerprint density at radius 3 is 2.63 bits per heavy atom. The molecule has 0 bridgehead atoms. The topological polar surface area (TPSA) is 58.7 Å². The number of carbonyl (C=O) groups excluding carboxylic acids is 1. The molecule has 0 aromatic heterocycles. The van der Waals surface area contributed by atoms with Crippen LogP contribution in [0.1, 0.15) is 42.0 Å². The van der Waals surface area contributed by atoms with Gasteiger partial charge in [-0.3, -0.25) is 9.79 Å². The molecule has 1 aliphatic heterocycles.